The Morgan fingerprint density at radius 2 is 1.93 bits per heavy atom. The minimum atomic E-state index is -0.467. The van der Waals surface area contributed by atoms with Crippen LogP contribution in [0.5, 0.6) is 5.75 Å². The number of aromatic amines is 1. The smallest absolute Gasteiger partial charge is 0.153 e. The Morgan fingerprint density at radius 1 is 1.13 bits per heavy atom. The molecule has 30 heavy (non-hydrogen) atoms. The summed E-state index contributed by atoms with van der Waals surface area (Å²) in [6, 6.07) is 8.27. The van der Waals surface area contributed by atoms with Gasteiger partial charge in [-0.1, -0.05) is 24.3 Å². The number of likely N-dealkylation sites (tertiary alicyclic amines) is 1. The molecule has 0 amide bonds. The fraction of sp³-hybridized carbons (Fsp3) is 0.565. The Bertz CT molecular complexity index is 811. The quantitative estimate of drug-likeness (QED) is 0.650. The maximum Gasteiger partial charge on any atom is 0.153 e. The molecule has 0 saturated carbocycles. The van der Waals surface area contributed by atoms with Crippen LogP contribution in [0.3, 0.4) is 0 Å². The lowest BCUT2D eigenvalue weighted by Crippen LogP contribution is -2.37. The molecule has 2 aliphatic rings. The van der Waals surface area contributed by atoms with Gasteiger partial charge >= 0.3 is 0 Å². The second kappa shape index (κ2) is 10.2. The van der Waals surface area contributed by atoms with E-state index in [9.17, 15) is 5.11 Å². The SMILES string of the molecule is Cc1nc(C2CCN(Cc3ccc(OCC(O)CN4CC=CCC4)cc3)CC2)n[nH]1. The molecule has 1 fully saturated rings. The number of ether oxygens (including phenoxy) is 1. The van der Waals surface area contributed by atoms with Crippen LogP contribution in [0.15, 0.2) is 36.4 Å². The molecule has 0 radical (unpaired) electrons. The Balaban J connectivity index is 1.18. The molecular formula is C23H33N5O2. The van der Waals surface area contributed by atoms with Crippen molar-refractivity contribution in [1.29, 1.82) is 0 Å². The Hall–Kier alpha value is -2.22. The fourth-order valence-electron chi connectivity index (χ4n) is 4.24. The normalized spacial score (nSPS) is 19.8. The number of nitrogens with one attached hydrogen (secondary N) is 1. The van der Waals surface area contributed by atoms with Gasteiger partial charge in [-0.05, 0) is 57.0 Å². The van der Waals surface area contributed by atoms with Crippen molar-refractivity contribution >= 4 is 0 Å². The molecule has 162 valence electrons. The largest absolute Gasteiger partial charge is 0.491 e. The number of β-amino-alcohol motifs (C(OH)–C–C–N with tert-alkyl or cyclic N) is 1. The van der Waals surface area contributed by atoms with Crippen LogP contribution >= 0.6 is 0 Å². The molecule has 1 aromatic carbocycles. The summed E-state index contributed by atoms with van der Waals surface area (Å²) in [7, 11) is 0. The van der Waals surface area contributed by atoms with Crippen molar-refractivity contribution in [1.82, 2.24) is 25.0 Å². The van der Waals surface area contributed by atoms with Crippen LogP contribution in [0, 0.1) is 6.92 Å². The zero-order chi connectivity index (χ0) is 20.8. The summed E-state index contributed by atoms with van der Waals surface area (Å²) in [5.74, 6) is 3.14. The third-order valence-electron chi connectivity index (χ3n) is 5.95. The number of H-pyrrole nitrogens is 1. The van der Waals surface area contributed by atoms with Crippen LogP contribution < -0.4 is 4.74 Å². The maximum absolute atomic E-state index is 10.2. The van der Waals surface area contributed by atoms with Crippen molar-refractivity contribution < 1.29 is 9.84 Å². The first-order valence-corrected chi connectivity index (χ1v) is 11.0. The molecule has 3 heterocycles. The van der Waals surface area contributed by atoms with Gasteiger partial charge in [0.05, 0.1) is 0 Å². The lowest BCUT2D eigenvalue weighted by Gasteiger charge is -2.30. The lowest BCUT2D eigenvalue weighted by atomic mass is 9.96. The molecule has 1 atom stereocenters. The molecule has 2 N–H and O–H groups in total. The number of nitrogens with zero attached hydrogens (tertiary/aromatic N) is 4. The summed E-state index contributed by atoms with van der Waals surface area (Å²) in [5.41, 5.74) is 1.29. The molecule has 7 heteroatoms. The van der Waals surface area contributed by atoms with E-state index in [2.05, 4.69) is 49.3 Å². The predicted octanol–water partition coefficient (Wildman–Crippen LogP) is 2.49. The molecule has 0 aliphatic carbocycles. The van der Waals surface area contributed by atoms with E-state index in [1.54, 1.807) is 0 Å². The first-order valence-electron chi connectivity index (χ1n) is 11.0. The van der Waals surface area contributed by atoms with E-state index in [0.29, 0.717) is 19.1 Å². The average molecular weight is 412 g/mol. The second-order valence-corrected chi connectivity index (χ2v) is 8.46. The van der Waals surface area contributed by atoms with Gasteiger partial charge in [0, 0.05) is 32.1 Å². The van der Waals surface area contributed by atoms with E-state index in [1.807, 2.05) is 19.1 Å². The third-order valence-corrected chi connectivity index (χ3v) is 5.95. The molecule has 4 rings (SSSR count). The lowest BCUT2D eigenvalue weighted by molar-refractivity contribution is 0.0713. The molecule has 1 saturated heterocycles. The minimum Gasteiger partial charge on any atom is -0.491 e. The summed E-state index contributed by atoms with van der Waals surface area (Å²) < 4.78 is 5.79. The average Bonchev–Trinajstić information content (AvgIpc) is 3.21. The highest BCUT2D eigenvalue weighted by Gasteiger charge is 2.23. The van der Waals surface area contributed by atoms with Crippen molar-refractivity contribution in [3.63, 3.8) is 0 Å². The maximum atomic E-state index is 10.2. The highest BCUT2D eigenvalue weighted by Crippen LogP contribution is 2.26. The molecule has 0 spiro atoms. The van der Waals surface area contributed by atoms with Crippen LogP contribution in [-0.2, 0) is 6.54 Å². The monoisotopic (exact) mass is 411 g/mol. The Morgan fingerprint density at radius 3 is 2.60 bits per heavy atom. The molecule has 2 aromatic rings. The molecule has 1 unspecified atom stereocenters. The van der Waals surface area contributed by atoms with Gasteiger partial charge in [0.25, 0.3) is 0 Å². The molecule has 7 nitrogen and oxygen atoms in total. The molecule has 1 aromatic heterocycles. The molecular weight excluding hydrogens is 378 g/mol. The summed E-state index contributed by atoms with van der Waals surface area (Å²) in [6.45, 7) is 7.94. The van der Waals surface area contributed by atoms with Crippen molar-refractivity contribution in [2.45, 2.75) is 44.8 Å². The van der Waals surface area contributed by atoms with Crippen molar-refractivity contribution in [2.75, 3.05) is 39.3 Å². The number of benzene rings is 1. The van der Waals surface area contributed by atoms with Crippen molar-refractivity contribution in [3.8, 4) is 5.75 Å². The summed E-state index contributed by atoms with van der Waals surface area (Å²) in [4.78, 5) is 9.24. The first kappa shape index (κ1) is 21.0. The number of hydrogen-bond acceptors (Lipinski definition) is 6. The predicted molar refractivity (Wildman–Crippen MR) is 117 cm³/mol. The van der Waals surface area contributed by atoms with E-state index in [0.717, 1.165) is 69.4 Å². The van der Waals surface area contributed by atoms with Crippen LogP contribution in [0.1, 0.15) is 42.4 Å². The summed E-state index contributed by atoms with van der Waals surface area (Å²) >= 11 is 0. The number of aliphatic hydroxyl groups excluding tert-OH is 1. The number of rotatable bonds is 8. The number of hydrogen-bond donors (Lipinski definition) is 2. The number of aromatic nitrogens is 3. The first-order chi connectivity index (χ1) is 14.7. The van der Waals surface area contributed by atoms with E-state index in [1.165, 1.54) is 5.56 Å². The van der Waals surface area contributed by atoms with E-state index in [4.69, 9.17) is 4.74 Å². The Kier molecular flexibility index (Phi) is 7.15. The topological polar surface area (TPSA) is 77.5 Å². The minimum absolute atomic E-state index is 0.327. The number of aliphatic hydroxyl groups is 1. The summed E-state index contributed by atoms with van der Waals surface area (Å²) in [5, 5.41) is 17.5. The van der Waals surface area contributed by atoms with Gasteiger partial charge in [-0.25, -0.2) is 4.98 Å². The van der Waals surface area contributed by atoms with Crippen LogP contribution in [0.4, 0.5) is 0 Å². The van der Waals surface area contributed by atoms with E-state index < -0.39 is 6.10 Å². The summed E-state index contributed by atoms with van der Waals surface area (Å²) in [6.07, 6.45) is 7.15. The molecule has 0 bridgehead atoms. The van der Waals surface area contributed by atoms with Crippen LogP contribution in [-0.4, -0.2) is 75.5 Å². The van der Waals surface area contributed by atoms with Gasteiger partial charge < -0.3 is 9.84 Å². The van der Waals surface area contributed by atoms with Crippen molar-refractivity contribution in [3.05, 3.63) is 53.6 Å². The van der Waals surface area contributed by atoms with Gasteiger partial charge in [0.2, 0.25) is 0 Å². The van der Waals surface area contributed by atoms with Crippen molar-refractivity contribution in [2.24, 2.45) is 0 Å². The molecule has 2 aliphatic heterocycles. The fourth-order valence-corrected chi connectivity index (χ4v) is 4.24. The number of aryl methyl sites for hydroxylation is 1. The van der Waals surface area contributed by atoms with Crippen LogP contribution in [0.25, 0.3) is 0 Å². The highest BCUT2D eigenvalue weighted by atomic mass is 16.5. The highest BCUT2D eigenvalue weighted by molar-refractivity contribution is 5.27. The standard InChI is InChI=1S/C23H33N5O2/c1-18-24-23(26-25-18)20-9-13-28(14-10-20)15-19-5-7-22(8-6-19)30-17-21(29)16-27-11-3-2-4-12-27/h2-3,5-8,20-21,29H,4,9-17H2,1H3,(H,24,25,26). The van der Waals surface area contributed by atoms with E-state index >= 15 is 0 Å². The zero-order valence-corrected chi connectivity index (χ0v) is 17.8. The van der Waals surface area contributed by atoms with Gasteiger partial charge in [-0.3, -0.25) is 14.9 Å². The third kappa shape index (κ3) is 5.90. The number of piperidine rings is 1. The zero-order valence-electron chi connectivity index (χ0n) is 17.8. The van der Waals surface area contributed by atoms with E-state index in [-0.39, 0.29) is 0 Å². The second-order valence-electron chi connectivity index (χ2n) is 8.46. The van der Waals surface area contributed by atoms with Gasteiger partial charge in [0.15, 0.2) is 5.82 Å². The van der Waals surface area contributed by atoms with Gasteiger partial charge in [-0.15, -0.1) is 0 Å². The van der Waals surface area contributed by atoms with Crippen LogP contribution in [0.2, 0.25) is 0 Å². The Labute approximate surface area is 178 Å². The van der Waals surface area contributed by atoms with Gasteiger partial charge in [0.1, 0.15) is 24.3 Å². The van der Waals surface area contributed by atoms with Gasteiger partial charge in [-0.2, -0.15) is 5.10 Å².